The Hall–Kier alpha value is -7.41. The second kappa shape index (κ2) is 12.6. The molecule has 0 atom stereocenters. The number of nitrogens with zero attached hydrogens (tertiary/aromatic N) is 4. The Balaban J connectivity index is 1.18. The molecule has 0 aliphatic carbocycles. The van der Waals surface area contributed by atoms with E-state index in [1.807, 2.05) is 47.7 Å². The Morgan fingerprint density at radius 3 is 1.95 bits per heavy atom. The number of thiophene rings is 1. The van der Waals surface area contributed by atoms with Gasteiger partial charge in [-0.1, -0.05) is 152 Å². The molecule has 0 bridgehead atoms. The minimum Gasteiger partial charge on any atom is -0.456 e. The highest BCUT2D eigenvalue weighted by Crippen LogP contribution is 2.44. The summed E-state index contributed by atoms with van der Waals surface area (Å²) in [6.45, 7) is 0. The SMILES string of the molecule is c1ccc(-c2cccc(-c3ccccc3-c3nc(-c4cccc5oc6ccccc6c45)nc(-n4c5ccccc5c5ccc6c7ccccc7sc6c54)n3)c2)cc1. The van der Waals surface area contributed by atoms with Crippen molar-refractivity contribution in [3.63, 3.8) is 0 Å². The topological polar surface area (TPSA) is 56.7 Å². The van der Waals surface area contributed by atoms with Crippen LogP contribution in [0.25, 0.3) is 115 Å². The van der Waals surface area contributed by atoms with E-state index in [1.54, 1.807) is 0 Å². The molecule has 0 aliphatic heterocycles. The Kier molecular flexibility index (Phi) is 7.03. The van der Waals surface area contributed by atoms with Gasteiger partial charge in [0, 0.05) is 48.1 Å². The molecule has 0 fully saturated rings. The molecule has 0 N–H and O–H groups in total. The summed E-state index contributed by atoms with van der Waals surface area (Å²) < 4.78 is 11.1. The van der Waals surface area contributed by atoms with E-state index >= 15 is 0 Å². The van der Waals surface area contributed by atoms with Crippen LogP contribution >= 0.6 is 11.3 Å². The van der Waals surface area contributed by atoms with Gasteiger partial charge in [-0.3, -0.25) is 4.57 Å². The first kappa shape index (κ1) is 31.9. The summed E-state index contributed by atoms with van der Waals surface area (Å²) in [4.78, 5) is 16.3. The van der Waals surface area contributed by atoms with Crippen LogP contribution in [0.3, 0.4) is 0 Å². The molecule has 0 saturated carbocycles. The standard InChI is InChI=1S/C51H30N4OS/c1-2-14-31(15-3-1)32-16-12-17-33(30-32)34-18-4-5-21-39(34)49-52-50(41-23-13-26-44-46(41)40-22-7-10-25-43(40)56-44)54-51(53-49)55-42-24-9-6-19-35(42)37-28-29-38-36-20-8-11-27-45(36)57-48(38)47(37)55/h1-30H. The van der Waals surface area contributed by atoms with Crippen LogP contribution in [0.5, 0.6) is 0 Å². The van der Waals surface area contributed by atoms with E-state index in [1.165, 1.54) is 25.7 Å². The van der Waals surface area contributed by atoms with Crippen molar-refractivity contribution in [1.29, 1.82) is 0 Å². The second-order valence-corrected chi connectivity index (χ2v) is 15.4. The van der Waals surface area contributed by atoms with Gasteiger partial charge in [-0.05, 0) is 52.6 Å². The molecule has 12 rings (SSSR count). The average Bonchev–Trinajstić information content (AvgIpc) is 3.96. The van der Waals surface area contributed by atoms with E-state index in [9.17, 15) is 0 Å². The molecular formula is C51H30N4OS. The minimum absolute atomic E-state index is 0.559. The number of rotatable bonds is 5. The van der Waals surface area contributed by atoms with Gasteiger partial charge in [0.25, 0.3) is 0 Å². The number of benzene rings is 8. The monoisotopic (exact) mass is 746 g/mol. The number of hydrogen-bond acceptors (Lipinski definition) is 5. The van der Waals surface area contributed by atoms with Gasteiger partial charge in [0.2, 0.25) is 5.95 Å². The van der Waals surface area contributed by atoms with Gasteiger partial charge >= 0.3 is 0 Å². The predicted molar refractivity (Wildman–Crippen MR) is 236 cm³/mol. The quantitative estimate of drug-likeness (QED) is 0.176. The van der Waals surface area contributed by atoms with E-state index in [0.717, 1.165) is 71.6 Å². The zero-order valence-corrected chi connectivity index (χ0v) is 31.2. The van der Waals surface area contributed by atoms with Crippen LogP contribution < -0.4 is 0 Å². The predicted octanol–water partition coefficient (Wildman–Crippen LogP) is 13.9. The molecule has 4 heterocycles. The summed E-state index contributed by atoms with van der Waals surface area (Å²) in [6.07, 6.45) is 0. The molecule has 0 spiro atoms. The summed E-state index contributed by atoms with van der Waals surface area (Å²) >= 11 is 1.82. The van der Waals surface area contributed by atoms with Crippen molar-refractivity contribution in [3.05, 3.63) is 182 Å². The third-order valence-electron chi connectivity index (χ3n) is 11.1. The Morgan fingerprint density at radius 2 is 1.05 bits per heavy atom. The first-order valence-electron chi connectivity index (χ1n) is 19.0. The summed E-state index contributed by atoms with van der Waals surface area (Å²) in [5, 5.41) is 6.78. The van der Waals surface area contributed by atoms with Crippen LogP contribution in [-0.4, -0.2) is 19.5 Å². The van der Waals surface area contributed by atoms with Crippen LogP contribution in [-0.2, 0) is 0 Å². The van der Waals surface area contributed by atoms with Crippen molar-refractivity contribution in [3.8, 4) is 51.0 Å². The highest BCUT2D eigenvalue weighted by atomic mass is 32.1. The van der Waals surface area contributed by atoms with Gasteiger partial charge in [-0.25, -0.2) is 4.98 Å². The number of para-hydroxylation sites is 2. The summed E-state index contributed by atoms with van der Waals surface area (Å²) in [6, 6.07) is 63.7. The lowest BCUT2D eigenvalue weighted by Gasteiger charge is -2.14. The summed E-state index contributed by atoms with van der Waals surface area (Å²) in [7, 11) is 0. The maximum Gasteiger partial charge on any atom is 0.238 e. The Labute approximate surface area is 330 Å². The zero-order chi connectivity index (χ0) is 37.5. The van der Waals surface area contributed by atoms with Crippen molar-refractivity contribution in [2.75, 3.05) is 0 Å². The number of furan rings is 1. The normalized spacial score (nSPS) is 11.9. The van der Waals surface area contributed by atoms with E-state index in [-0.39, 0.29) is 0 Å². The van der Waals surface area contributed by atoms with Crippen LogP contribution in [0.1, 0.15) is 0 Å². The fourth-order valence-corrected chi connectivity index (χ4v) is 9.77. The number of aromatic nitrogens is 4. The fourth-order valence-electron chi connectivity index (χ4n) is 8.53. The molecule has 57 heavy (non-hydrogen) atoms. The largest absolute Gasteiger partial charge is 0.456 e. The molecule has 0 amide bonds. The minimum atomic E-state index is 0.559. The van der Waals surface area contributed by atoms with Gasteiger partial charge in [-0.2, -0.15) is 9.97 Å². The smallest absolute Gasteiger partial charge is 0.238 e. The maximum absolute atomic E-state index is 6.37. The van der Waals surface area contributed by atoms with Crippen LogP contribution in [0.2, 0.25) is 0 Å². The van der Waals surface area contributed by atoms with Crippen LogP contribution in [0, 0.1) is 0 Å². The highest BCUT2D eigenvalue weighted by Gasteiger charge is 2.23. The molecule has 5 nitrogen and oxygen atoms in total. The van der Waals surface area contributed by atoms with Gasteiger partial charge in [0.05, 0.1) is 15.7 Å². The van der Waals surface area contributed by atoms with Crippen molar-refractivity contribution >= 4 is 75.3 Å². The molecule has 6 heteroatoms. The van der Waals surface area contributed by atoms with E-state index in [0.29, 0.717) is 17.6 Å². The van der Waals surface area contributed by atoms with Crippen LogP contribution in [0.4, 0.5) is 0 Å². The van der Waals surface area contributed by atoms with Gasteiger partial charge in [0.1, 0.15) is 11.2 Å². The lowest BCUT2D eigenvalue weighted by Crippen LogP contribution is -2.07. The Bertz CT molecular complexity index is 3540. The first-order chi connectivity index (χ1) is 28.3. The van der Waals surface area contributed by atoms with E-state index in [2.05, 4.69) is 150 Å². The molecule has 0 aliphatic rings. The second-order valence-electron chi connectivity index (χ2n) is 14.3. The lowest BCUT2D eigenvalue weighted by atomic mass is 9.95. The average molecular weight is 747 g/mol. The van der Waals surface area contributed by atoms with E-state index in [4.69, 9.17) is 19.4 Å². The highest BCUT2D eigenvalue weighted by molar-refractivity contribution is 7.26. The third-order valence-corrected chi connectivity index (χ3v) is 12.3. The summed E-state index contributed by atoms with van der Waals surface area (Å²) in [5.74, 6) is 1.73. The van der Waals surface area contributed by atoms with Crippen molar-refractivity contribution in [2.24, 2.45) is 0 Å². The molecule has 4 aromatic heterocycles. The number of fused-ring (bicyclic) bond motifs is 10. The lowest BCUT2D eigenvalue weighted by molar-refractivity contribution is 0.669. The molecule has 8 aromatic carbocycles. The molecule has 0 radical (unpaired) electrons. The van der Waals surface area contributed by atoms with Crippen LogP contribution in [0.15, 0.2) is 186 Å². The summed E-state index contributed by atoms with van der Waals surface area (Å²) in [5.41, 5.74) is 10.00. The molecule has 266 valence electrons. The van der Waals surface area contributed by atoms with Crippen molar-refractivity contribution in [2.45, 2.75) is 0 Å². The van der Waals surface area contributed by atoms with Crippen molar-refractivity contribution in [1.82, 2.24) is 19.5 Å². The first-order valence-corrected chi connectivity index (χ1v) is 19.8. The molecular weight excluding hydrogens is 717 g/mol. The molecule has 12 aromatic rings. The maximum atomic E-state index is 6.37. The molecule has 0 saturated heterocycles. The van der Waals surface area contributed by atoms with Gasteiger partial charge < -0.3 is 4.42 Å². The third kappa shape index (κ3) is 4.98. The Morgan fingerprint density at radius 1 is 0.421 bits per heavy atom. The number of hydrogen-bond donors (Lipinski definition) is 0. The van der Waals surface area contributed by atoms with E-state index < -0.39 is 0 Å². The zero-order valence-electron chi connectivity index (χ0n) is 30.4. The van der Waals surface area contributed by atoms with Gasteiger partial charge in [-0.15, -0.1) is 11.3 Å². The van der Waals surface area contributed by atoms with Crippen molar-refractivity contribution < 1.29 is 4.42 Å². The molecule has 0 unspecified atom stereocenters. The van der Waals surface area contributed by atoms with Gasteiger partial charge in [0.15, 0.2) is 11.6 Å². The fraction of sp³-hybridized carbons (Fsp3) is 0.